The quantitative estimate of drug-likeness (QED) is 0.879. The van der Waals surface area contributed by atoms with Crippen LogP contribution in [-0.4, -0.2) is 10.9 Å². The Hall–Kier alpha value is -2.14. The van der Waals surface area contributed by atoms with Gasteiger partial charge in [0.25, 0.3) is 5.91 Å². The number of benzene rings is 1. The number of rotatable bonds is 4. The molecule has 0 fully saturated rings. The highest BCUT2D eigenvalue weighted by molar-refractivity contribution is 5.91. The van der Waals surface area contributed by atoms with E-state index in [1.54, 1.807) is 6.92 Å². The van der Waals surface area contributed by atoms with Crippen molar-refractivity contribution in [1.82, 2.24) is 10.3 Å². The van der Waals surface area contributed by atoms with Gasteiger partial charge in [-0.25, -0.2) is 4.98 Å². The number of nitrogens with zero attached hydrogens (tertiary/aromatic N) is 1. The maximum absolute atomic E-state index is 11.8. The number of carbonyl (C=O) groups is 1. The molecule has 0 radical (unpaired) electrons. The van der Waals surface area contributed by atoms with Crippen molar-refractivity contribution in [2.45, 2.75) is 26.4 Å². The minimum Gasteiger partial charge on any atom is -0.446 e. The van der Waals surface area contributed by atoms with Crippen molar-refractivity contribution < 1.29 is 9.21 Å². The molecule has 0 saturated heterocycles. The first-order valence-corrected chi connectivity index (χ1v) is 6.11. The van der Waals surface area contributed by atoms with Crippen LogP contribution in [0.1, 0.15) is 40.5 Å². The second-order valence-electron chi connectivity index (χ2n) is 4.53. The number of amides is 1. The Bertz CT molecular complexity index is 558. The lowest BCUT2D eigenvalue weighted by Crippen LogP contribution is -2.23. The smallest absolute Gasteiger partial charge is 0.273 e. The zero-order valence-corrected chi connectivity index (χ0v) is 11.0. The van der Waals surface area contributed by atoms with Gasteiger partial charge in [0.2, 0.25) is 5.89 Å². The first-order chi connectivity index (χ1) is 9.06. The minimum absolute atomic E-state index is 0.249. The zero-order chi connectivity index (χ0) is 13.8. The summed E-state index contributed by atoms with van der Waals surface area (Å²) in [7, 11) is 0. The summed E-state index contributed by atoms with van der Waals surface area (Å²) in [5.41, 5.74) is 8.09. The average Bonchev–Trinajstić information content (AvgIpc) is 2.87. The van der Waals surface area contributed by atoms with E-state index in [0.717, 1.165) is 5.56 Å². The molecule has 1 heterocycles. The van der Waals surface area contributed by atoms with E-state index in [9.17, 15) is 4.79 Å². The van der Waals surface area contributed by atoms with Crippen LogP contribution in [0.2, 0.25) is 0 Å². The summed E-state index contributed by atoms with van der Waals surface area (Å²) in [4.78, 5) is 15.9. The molecule has 5 heteroatoms. The van der Waals surface area contributed by atoms with E-state index in [2.05, 4.69) is 10.3 Å². The van der Waals surface area contributed by atoms with Crippen molar-refractivity contribution >= 4 is 5.91 Å². The second kappa shape index (κ2) is 5.67. The number of aryl methyl sites for hydroxylation is 1. The largest absolute Gasteiger partial charge is 0.446 e. The molecule has 2 rings (SSSR count). The number of nitrogens with two attached hydrogens (primary N) is 1. The topological polar surface area (TPSA) is 81.2 Å². The standard InChI is InChI=1S/C14H17N3O2/c1-9-3-5-11(6-4-9)7-16-13(18)12-8-19-14(17-12)10(2)15/h3-6,8,10H,7,15H2,1-2H3,(H,16,18). The second-order valence-corrected chi connectivity index (χ2v) is 4.53. The Balaban J connectivity index is 1.95. The van der Waals surface area contributed by atoms with Crippen LogP contribution < -0.4 is 11.1 Å². The maximum Gasteiger partial charge on any atom is 0.273 e. The molecule has 0 aliphatic rings. The number of nitrogens with one attached hydrogen (secondary N) is 1. The molecule has 1 aromatic heterocycles. The molecule has 1 atom stereocenters. The van der Waals surface area contributed by atoms with Crippen molar-refractivity contribution in [2.24, 2.45) is 5.73 Å². The molecule has 19 heavy (non-hydrogen) atoms. The van der Waals surface area contributed by atoms with Gasteiger partial charge in [-0.1, -0.05) is 29.8 Å². The Morgan fingerprint density at radius 3 is 2.68 bits per heavy atom. The molecule has 0 bridgehead atoms. The highest BCUT2D eigenvalue weighted by Crippen LogP contribution is 2.09. The Morgan fingerprint density at radius 1 is 1.42 bits per heavy atom. The van der Waals surface area contributed by atoms with Crippen molar-refractivity contribution in [3.8, 4) is 0 Å². The van der Waals surface area contributed by atoms with Gasteiger partial charge in [-0.05, 0) is 19.4 Å². The van der Waals surface area contributed by atoms with Crippen LogP contribution in [0.15, 0.2) is 34.9 Å². The molecule has 1 aromatic carbocycles. The number of hydrogen-bond acceptors (Lipinski definition) is 4. The molecule has 100 valence electrons. The lowest BCUT2D eigenvalue weighted by molar-refractivity contribution is 0.0946. The van der Waals surface area contributed by atoms with Crippen molar-refractivity contribution in [1.29, 1.82) is 0 Å². The highest BCUT2D eigenvalue weighted by Gasteiger charge is 2.13. The molecule has 0 aliphatic heterocycles. The van der Waals surface area contributed by atoms with Crippen molar-refractivity contribution in [2.75, 3.05) is 0 Å². The van der Waals surface area contributed by atoms with E-state index in [0.29, 0.717) is 12.4 Å². The van der Waals surface area contributed by atoms with Crippen LogP contribution >= 0.6 is 0 Å². The summed E-state index contributed by atoms with van der Waals surface area (Å²) in [5, 5.41) is 2.78. The van der Waals surface area contributed by atoms with E-state index in [1.165, 1.54) is 11.8 Å². The third-order valence-corrected chi connectivity index (χ3v) is 2.72. The maximum atomic E-state index is 11.8. The molecule has 1 unspecified atom stereocenters. The zero-order valence-electron chi connectivity index (χ0n) is 11.0. The van der Waals surface area contributed by atoms with Gasteiger partial charge in [-0.15, -0.1) is 0 Å². The summed E-state index contributed by atoms with van der Waals surface area (Å²) in [6.45, 7) is 4.23. The number of aromatic nitrogens is 1. The van der Waals surface area contributed by atoms with Gasteiger partial charge in [0, 0.05) is 6.54 Å². The molecule has 0 spiro atoms. The third kappa shape index (κ3) is 3.42. The summed E-state index contributed by atoms with van der Waals surface area (Å²) in [6.07, 6.45) is 1.32. The van der Waals surface area contributed by atoms with Crippen LogP contribution in [0.3, 0.4) is 0 Å². The summed E-state index contributed by atoms with van der Waals surface area (Å²) >= 11 is 0. The molecule has 5 nitrogen and oxygen atoms in total. The lowest BCUT2D eigenvalue weighted by atomic mass is 10.1. The van der Waals surface area contributed by atoms with Gasteiger partial charge in [0.15, 0.2) is 5.69 Å². The lowest BCUT2D eigenvalue weighted by Gasteiger charge is -2.03. The fraction of sp³-hybridized carbons (Fsp3) is 0.286. The van der Waals surface area contributed by atoms with E-state index >= 15 is 0 Å². The summed E-state index contributed by atoms with van der Waals surface area (Å²) < 4.78 is 5.12. The van der Waals surface area contributed by atoms with Crippen LogP contribution in [0, 0.1) is 6.92 Å². The summed E-state index contributed by atoms with van der Waals surface area (Å²) in [6, 6.07) is 7.65. The Kier molecular flexibility index (Phi) is 3.97. The number of hydrogen-bond donors (Lipinski definition) is 2. The fourth-order valence-electron chi connectivity index (χ4n) is 1.58. The predicted molar refractivity (Wildman–Crippen MR) is 71.5 cm³/mol. The van der Waals surface area contributed by atoms with Gasteiger partial charge < -0.3 is 15.5 Å². The van der Waals surface area contributed by atoms with Gasteiger partial charge in [-0.2, -0.15) is 0 Å². The Labute approximate surface area is 111 Å². The van der Waals surface area contributed by atoms with E-state index in [-0.39, 0.29) is 17.6 Å². The molecule has 2 aromatic rings. The first-order valence-electron chi connectivity index (χ1n) is 6.11. The fourth-order valence-corrected chi connectivity index (χ4v) is 1.58. The molecule has 1 amide bonds. The van der Waals surface area contributed by atoms with E-state index < -0.39 is 0 Å². The molecule has 0 saturated carbocycles. The average molecular weight is 259 g/mol. The normalized spacial score (nSPS) is 12.2. The number of carbonyl (C=O) groups excluding carboxylic acids is 1. The van der Waals surface area contributed by atoms with Crippen LogP contribution in [-0.2, 0) is 6.54 Å². The highest BCUT2D eigenvalue weighted by atomic mass is 16.3. The molecular formula is C14H17N3O2. The minimum atomic E-state index is -0.321. The van der Waals surface area contributed by atoms with E-state index in [4.69, 9.17) is 10.2 Å². The van der Waals surface area contributed by atoms with Gasteiger partial charge >= 0.3 is 0 Å². The SMILES string of the molecule is Cc1ccc(CNC(=O)c2coc(C(C)N)n2)cc1. The third-order valence-electron chi connectivity index (χ3n) is 2.72. The van der Waals surface area contributed by atoms with Crippen LogP contribution in [0.5, 0.6) is 0 Å². The van der Waals surface area contributed by atoms with Gasteiger partial charge in [-0.3, -0.25) is 4.79 Å². The van der Waals surface area contributed by atoms with Crippen LogP contribution in [0.25, 0.3) is 0 Å². The predicted octanol–water partition coefficient (Wildman–Crippen LogP) is 1.93. The van der Waals surface area contributed by atoms with E-state index in [1.807, 2.05) is 31.2 Å². The Morgan fingerprint density at radius 2 is 2.11 bits per heavy atom. The molecular weight excluding hydrogens is 242 g/mol. The monoisotopic (exact) mass is 259 g/mol. The van der Waals surface area contributed by atoms with Gasteiger partial charge in [0.1, 0.15) is 6.26 Å². The molecule has 0 aliphatic carbocycles. The number of oxazole rings is 1. The summed E-state index contributed by atoms with van der Waals surface area (Å²) in [5.74, 6) is 0.0942. The van der Waals surface area contributed by atoms with Crippen LogP contribution in [0.4, 0.5) is 0 Å². The molecule has 3 N–H and O–H groups in total. The first kappa shape index (κ1) is 13.3. The van der Waals surface area contributed by atoms with Gasteiger partial charge in [0.05, 0.1) is 6.04 Å². The van der Waals surface area contributed by atoms with Crippen molar-refractivity contribution in [3.05, 3.63) is 53.2 Å². The van der Waals surface area contributed by atoms with Crippen molar-refractivity contribution in [3.63, 3.8) is 0 Å².